The number of benzene rings is 1. The fourth-order valence-corrected chi connectivity index (χ4v) is 3.57. The van der Waals surface area contributed by atoms with Gasteiger partial charge in [0, 0.05) is 42.1 Å². The van der Waals surface area contributed by atoms with Gasteiger partial charge in [0.05, 0.1) is 0 Å². The molecule has 1 aromatic carbocycles. The van der Waals surface area contributed by atoms with Gasteiger partial charge in [0.15, 0.2) is 5.78 Å². The summed E-state index contributed by atoms with van der Waals surface area (Å²) in [6.45, 7) is 6.55. The Hall–Kier alpha value is -2.08. The lowest BCUT2D eigenvalue weighted by molar-refractivity contribution is -0.139. The third kappa shape index (κ3) is 2.86. The van der Waals surface area contributed by atoms with Gasteiger partial charge in [-0.2, -0.15) is 0 Å². The van der Waals surface area contributed by atoms with Crippen LogP contribution in [0, 0.1) is 11.8 Å². The van der Waals surface area contributed by atoms with Crippen LogP contribution in [0.3, 0.4) is 0 Å². The van der Waals surface area contributed by atoms with Gasteiger partial charge < -0.3 is 20.6 Å². The van der Waals surface area contributed by atoms with Crippen LogP contribution in [-0.2, 0) is 4.79 Å². The van der Waals surface area contributed by atoms with Crippen LogP contribution in [-0.4, -0.2) is 49.1 Å². The molecule has 0 amide bonds. The van der Waals surface area contributed by atoms with Gasteiger partial charge in [-0.3, -0.25) is 9.59 Å². The maximum atomic E-state index is 12.3. The highest BCUT2D eigenvalue weighted by Gasteiger charge is 2.36. The Labute approximate surface area is 142 Å². The van der Waals surface area contributed by atoms with Crippen molar-refractivity contribution >= 4 is 23.1 Å². The molecule has 6 nitrogen and oxygen atoms in total. The van der Waals surface area contributed by atoms with Crippen molar-refractivity contribution < 1.29 is 14.7 Å². The molecule has 0 saturated carbocycles. The standard InChI is InChI=1S/C18H25N3O3/c1-18(2,19-3)11-6-7-21(10-11)12-4-5-13-15(8-12)20-9-14(16(13)22)17(23)24/h4-5,8,11,14,19-20H,6-7,9-10H2,1-3H3,(H,23,24). The van der Waals surface area contributed by atoms with Crippen molar-refractivity contribution in [3.05, 3.63) is 23.8 Å². The number of hydrogen-bond donors (Lipinski definition) is 3. The lowest BCUT2D eigenvalue weighted by Crippen LogP contribution is -2.45. The molecule has 2 unspecified atom stereocenters. The Morgan fingerprint density at radius 1 is 1.42 bits per heavy atom. The monoisotopic (exact) mass is 331 g/mol. The first-order valence-electron chi connectivity index (χ1n) is 8.42. The van der Waals surface area contributed by atoms with Crippen LogP contribution in [0.25, 0.3) is 0 Å². The van der Waals surface area contributed by atoms with Crippen LogP contribution in [0.15, 0.2) is 18.2 Å². The molecule has 6 heteroatoms. The summed E-state index contributed by atoms with van der Waals surface area (Å²) in [6, 6.07) is 5.66. The minimum Gasteiger partial charge on any atom is -0.481 e. The van der Waals surface area contributed by atoms with Gasteiger partial charge in [-0.15, -0.1) is 0 Å². The zero-order chi connectivity index (χ0) is 17.5. The summed E-state index contributed by atoms with van der Waals surface area (Å²) in [5.74, 6) is -1.81. The summed E-state index contributed by atoms with van der Waals surface area (Å²) in [4.78, 5) is 25.7. The number of Topliss-reactive ketones (excluding diaryl/α,β-unsaturated/α-hetero) is 1. The highest BCUT2D eigenvalue weighted by molar-refractivity contribution is 6.13. The van der Waals surface area contributed by atoms with E-state index >= 15 is 0 Å². The molecule has 1 aromatic rings. The number of carboxylic acid groups (broad SMARTS) is 1. The number of rotatable bonds is 4. The van der Waals surface area contributed by atoms with Crippen molar-refractivity contribution in [2.24, 2.45) is 11.8 Å². The molecule has 130 valence electrons. The maximum absolute atomic E-state index is 12.3. The van der Waals surface area contributed by atoms with Crippen LogP contribution < -0.4 is 15.5 Å². The Kier molecular flexibility index (Phi) is 4.25. The molecule has 0 spiro atoms. The van der Waals surface area contributed by atoms with Crippen molar-refractivity contribution in [3.63, 3.8) is 0 Å². The third-order valence-electron chi connectivity index (χ3n) is 5.60. The third-order valence-corrected chi connectivity index (χ3v) is 5.60. The smallest absolute Gasteiger partial charge is 0.316 e. The predicted molar refractivity (Wildman–Crippen MR) is 93.8 cm³/mol. The second-order valence-corrected chi connectivity index (χ2v) is 7.27. The van der Waals surface area contributed by atoms with Crippen molar-refractivity contribution in [1.82, 2.24) is 5.32 Å². The zero-order valence-electron chi connectivity index (χ0n) is 14.4. The number of fused-ring (bicyclic) bond motifs is 1. The molecule has 2 heterocycles. The van der Waals surface area contributed by atoms with E-state index in [9.17, 15) is 9.59 Å². The summed E-state index contributed by atoms with van der Waals surface area (Å²) in [6.07, 6.45) is 1.12. The van der Waals surface area contributed by atoms with E-state index in [1.54, 1.807) is 6.07 Å². The predicted octanol–water partition coefficient (Wildman–Crippen LogP) is 1.82. The van der Waals surface area contributed by atoms with E-state index in [4.69, 9.17) is 5.11 Å². The van der Waals surface area contributed by atoms with E-state index in [2.05, 4.69) is 29.4 Å². The average Bonchev–Trinajstić information content (AvgIpc) is 3.05. The summed E-state index contributed by atoms with van der Waals surface area (Å²) < 4.78 is 0. The number of carbonyl (C=O) groups excluding carboxylic acids is 1. The van der Waals surface area contributed by atoms with Gasteiger partial charge in [0.25, 0.3) is 0 Å². The topological polar surface area (TPSA) is 81.7 Å². The molecule has 3 rings (SSSR count). The van der Waals surface area contributed by atoms with E-state index < -0.39 is 11.9 Å². The van der Waals surface area contributed by atoms with Gasteiger partial charge in [0.2, 0.25) is 0 Å². The Morgan fingerprint density at radius 3 is 2.83 bits per heavy atom. The summed E-state index contributed by atoms with van der Waals surface area (Å²) >= 11 is 0. The lowest BCUT2D eigenvalue weighted by atomic mass is 9.87. The van der Waals surface area contributed by atoms with Crippen molar-refractivity contribution in [3.8, 4) is 0 Å². The molecule has 0 radical (unpaired) electrons. The molecule has 0 aromatic heterocycles. The minimum absolute atomic E-state index is 0.0892. The van der Waals surface area contributed by atoms with Gasteiger partial charge in [-0.1, -0.05) is 0 Å². The number of carbonyl (C=O) groups is 2. The van der Waals surface area contributed by atoms with E-state index in [1.807, 2.05) is 19.2 Å². The first kappa shape index (κ1) is 16.8. The molecule has 2 aliphatic rings. The van der Waals surface area contributed by atoms with Crippen LogP contribution in [0.1, 0.15) is 30.6 Å². The molecule has 0 bridgehead atoms. The molecule has 24 heavy (non-hydrogen) atoms. The first-order valence-corrected chi connectivity index (χ1v) is 8.42. The fraction of sp³-hybridized carbons (Fsp3) is 0.556. The Morgan fingerprint density at radius 2 is 2.17 bits per heavy atom. The highest BCUT2D eigenvalue weighted by Crippen LogP contribution is 2.34. The lowest BCUT2D eigenvalue weighted by Gasteiger charge is -2.32. The maximum Gasteiger partial charge on any atom is 0.316 e. The molecule has 1 saturated heterocycles. The second kappa shape index (κ2) is 6.09. The van der Waals surface area contributed by atoms with Gasteiger partial charge in [-0.05, 0) is 51.4 Å². The molecular formula is C18H25N3O3. The molecular weight excluding hydrogens is 306 g/mol. The summed E-state index contributed by atoms with van der Waals surface area (Å²) in [5, 5.41) is 15.6. The van der Waals surface area contributed by atoms with E-state index in [0.717, 1.165) is 30.9 Å². The Balaban J connectivity index is 1.79. The average molecular weight is 331 g/mol. The van der Waals surface area contributed by atoms with Crippen LogP contribution in [0.5, 0.6) is 0 Å². The van der Waals surface area contributed by atoms with E-state index in [-0.39, 0.29) is 17.9 Å². The van der Waals surface area contributed by atoms with Crippen molar-refractivity contribution in [2.45, 2.75) is 25.8 Å². The summed E-state index contributed by atoms with van der Waals surface area (Å²) in [5.41, 5.74) is 2.39. The number of nitrogens with one attached hydrogen (secondary N) is 2. The van der Waals surface area contributed by atoms with Gasteiger partial charge >= 0.3 is 5.97 Å². The zero-order valence-corrected chi connectivity index (χ0v) is 14.4. The number of aliphatic carboxylic acids is 1. The van der Waals surface area contributed by atoms with Gasteiger partial charge in [0.1, 0.15) is 5.92 Å². The van der Waals surface area contributed by atoms with E-state index in [0.29, 0.717) is 11.5 Å². The Bertz CT molecular complexity index is 671. The normalized spacial score (nSPS) is 23.8. The number of nitrogens with zero attached hydrogens (tertiary/aromatic N) is 1. The molecule has 2 atom stereocenters. The SMILES string of the molecule is CNC(C)(C)C1CCN(c2ccc3c(c2)NCC(C(=O)O)C3=O)C1. The molecule has 2 aliphatic heterocycles. The quantitative estimate of drug-likeness (QED) is 0.730. The van der Waals surface area contributed by atoms with Crippen molar-refractivity contribution in [2.75, 3.05) is 36.9 Å². The minimum atomic E-state index is -1.07. The highest BCUT2D eigenvalue weighted by atomic mass is 16.4. The summed E-state index contributed by atoms with van der Waals surface area (Å²) in [7, 11) is 2.00. The number of anilines is 2. The van der Waals surface area contributed by atoms with Crippen LogP contribution in [0.4, 0.5) is 11.4 Å². The molecule has 3 N–H and O–H groups in total. The number of carboxylic acids is 1. The fourth-order valence-electron chi connectivity index (χ4n) is 3.57. The molecule has 0 aliphatic carbocycles. The van der Waals surface area contributed by atoms with Crippen LogP contribution >= 0.6 is 0 Å². The second-order valence-electron chi connectivity index (χ2n) is 7.27. The molecule has 1 fully saturated rings. The number of hydrogen-bond acceptors (Lipinski definition) is 5. The van der Waals surface area contributed by atoms with E-state index in [1.165, 1.54) is 0 Å². The van der Waals surface area contributed by atoms with Gasteiger partial charge in [-0.25, -0.2) is 0 Å². The van der Waals surface area contributed by atoms with Crippen molar-refractivity contribution in [1.29, 1.82) is 0 Å². The van der Waals surface area contributed by atoms with Crippen LogP contribution in [0.2, 0.25) is 0 Å². The largest absolute Gasteiger partial charge is 0.481 e. The first-order chi connectivity index (χ1) is 11.3. The number of ketones is 1.